The summed E-state index contributed by atoms with van der Waals surface area (Å²) in [5.74, 6) is -0.637. The van der Waals surface area contributed by atoms with Crippen LogP contribution >= 0.6 is 27.3 Å². The standard InChI is InChI=1S/C14H14BrFN2OS/c1-18(7-10-4-5-20-9-10)8-14(19)17-13-3-2-11(15)6-12(13)16/h2-6,9H,7-8H2,1H3,(H,17,19)/p+1. The second-order valence-electron chi connectivity index (χ2n) is 4.61. The molecule has 20 heavy (non-hydrogen) atoms. The van der Waals surface area contributed by atoms with E-state index in [9.17, 15) is 9.18 Å². The smallest absolute Gasteiger partial charge is 0.279 e. The molecule has 1 amide bonds. The lowest BCUT2D eigenvalue weighted by atomic mass is 10.3. The third-order valence-corrected chi connectivity index (χ3v) is 3.98. The molecule has 2 rings (SSSR count). The van der Waals surface area contributed by atoms with E-state index in [1.807, 2.05) is 18.5 Å². The van der Waals surface area contributed by atoms with Crippen LogP contribution in [0.2, 0.25) is 0 Å². The number of quaternary nitrogens is 1. The van der Waals surface area contributed by atoms with Crippen LogP contribution in [0.5, 0.6) is 0 Å². The first-order valence-electron chi connectivity index (χ1n) is 6.12. The maximum Gasteiger partial charge on any atom is 0.279 e. The van der Waals surface area contributed by atoms with Crippen LogP contribution in [0.3, 0.4) is 0 Å². The minimum Gasteiger partial charge on any atom is -0.326 e. The minimum absolute atomic E-state index is 0.195. The fourth-order valence-corrected chi connectivity index (χ4v) is 2.87. The lowest BCUT2D eigenvalue weighted by Gasteiger charge is -2.13. The normalized spacial score (nSPS) is 12.2. The molecular formula is C14H15BrFN2OS+. The van der Waals surface area contributed by atoms with Crippen molar-refractivity contribution < 1.29 is 14.1 Å². The van der Waals surface area contributed by atoms with Crippen LogP contribution in [-0.2, 0) is 11.3 Å². The molecule has 6 heteroatoms. The van der Waals surface area contributed by atoms with Crippen LogP contribution in [0.15, 0.2) is 39.5 Å². The molecule has 0 fully saturated rings. The molecule has 0 aliphatic rings. The van der Waals surface area contributed by atoms with E-state index in [-0.39, 0.29) is 11.6 Å². The van der Waals surface area contributed by atoms with Gasteiger partial charge in [-0.2, -0.15) is 11.3 Å². The number of amides is 1. The van der Waals surface area contributed by atoms with Crippen molar-refractivity contribution in [2.24, 2.45) is 0 Å². The molecule has 0 bridgehead atoms. The third-order valence-electron chi connectivity index (χ3n) is 2.75. The van der Waals surface area contributed by atoms with Gasteiger partial charge >= 0.3 is 0 Å². The van der Waals surface area contributed by atoms with Gasteiger partial charge in [0.25, 0.3) is 5.91 Å². The first-order valence-corrected chi connectivity index (χ1v) is 7.85. The Balaban J connectivity index is 1.88. The number of thiophene rings is 1. The predicted octanol–water partition coefficient (Wildman–Crippen LogP) is 2.30. The van der Waals surface area contributed by atoms with Crippen molar-refractivity contribution in [1.29, 1.82) is 0 Å². The van der Waals surface area contributed by atoms with E-state index in [1.54, 1.807) is 23.5 Å². The zero-order chi connectivity index (χ0) is 14.5. The zero-order valence-electron chi connectivity index (χ0n) is 11.0. The van der Waals surface area contributed by atoms with E-state index in [0.29, 0.717) is 11.0 Å². The molecular weight excluding hydrogens is 343 g/mol. The summed E-state index contributed by atoms with van der Waals surface area (Å²) in [5.41, 5.74) is 1.41. The summed E-state index contributed by atoms with van der Waals surface area (Å²) < 4.78 is 14.2. The average molecular weight is 358 g/mol. The molecule has 0 saturated heterocycles. The Morgan fingerprint density at radius 1 is 1.45 bits per heavy atom. The molecule has 0 radical (unpaired) electrons. The maximum absolute atomic E-state index is 13.6. The molecule has 1 unspecified atom stereocenters. The van der Waals surface area contributed by atoms with Gasteiger partial charge in [0.05, 0.1) is 12.7 Å². The molecule has 1 atom stereocenters. The van der Waals surface area contributed by atoms with Crippen LogP contribution in [0.4, 0.5) is 10.1 Å². The number of benzene rings is 1. The van der Waals surface area contributed by atoms with Gasteiger partial charge in [0.15, 0.2) is 6.54 Å². The van der Waals surface area contributed by atoms with E-state index < -0.39 is 5.82 Å². The molecule has 0 spiro atoms. The van der Waals surface area contributed by atoms with Crippen LogP contribution in [-0.4, -0.2) is 19.5 Å². The van der Waals surface area contributed by atoms with Crippen molar-refractivity contribution in [2.75, 3.05) is 18.9 Å². The van der Waals surface area contributed by atoms with Crippen molar-refractivity contribution in [3.8, 4) is 0 Å². The number of likely N-dealkylation sites (N-methyl/N-ethyl adjacent to an activating group) is 1. The first kappa shape index (κ1) is 15.2. The zero-order valence-corrected chi connectivity index (χ0v) is 13.4. The largest absolute Gasteiger partial charge is 0.326 e. The molecule has 1 aromatic heterocycles. The summed E-state index contributed by atoms with van der Waals surface area (Å²) in [6, 6.07) is 6.62. The monoisotopic (exact) mass is 357 g/mol. The van der Waals surface area contributed by atoms with Gasteiger partial charge in [0, 0.05) is 10.0 Å². The summed E-state index contributed by atoms with van der Waals surface area (Å²) in [5, 5.41) is 6.67. The highest BCUT2D eigenvalue weighted by molar-refractivity contribution is 9.10. The summed E-state index contributed by atoms with van der Waals surface area (Å²) in [7, 11) is 1.94. The molecule has 3 nitrogen and oxygen atoms in total. The summed E-state index contributed by atoms with van der Waals surface area (Å²) in [6.07, 6.45) is 0. The molecule has 0 aliphatic heterocycles. The van der Waals surface area contributed by atoms with E-state index >= 15 is 0 Å². The second kappa shape index (κ2) is 6.97. The quantitative estimate of drug-likeness (QED) is 0.845. The van der Waals surface area contributed by atoms with Crippen molar-refractivity contribution in [3.63, 3.8) is 0 Å². The Bertz CT molecular complexity index is 589. The van der Waals surface area contributed by atoms with Crippen LogP contribution in [0, 0.1) is 5.82 Å². The SMILES string of the molecule is C[NH+](CC(=O)Nc1ccc(Br)cc1F)Cc1ccsc1. The van der Waals surface area contributed by atoms with E-state index in [1.165, 1.54) is 11.6 Å². The highest BCUT2D eigenvalue weighted by Crippen LogP contribution is 2.18. The van der Waals surface area contributed by atoms with E-state index in [4.69, 9.17) is 0 Å². The second-order valence-corrected chi connectivity index (χ2v) is 6.31. The van der Waals surface area contributed by atoms with Gasteiger partial charge in [-0.1, -0.05) is 15.9 Å². The summed E-state index contributed by atoms with van der Waals surface area (Å²) >= 11 is 4.82. The number of halogens is 2. The first-order chi connectivity index (χ1) is 9.54. The highest BCUT2D eigenvalue weighted by Gasteiger charge is 2.13. The van der Waals surface area contributed by atoms with Crippen molar-refractivity contribution >= 4 is 38.9 Å². The molecule has 0 aliphatic carbocycles. The Morgan fingerprint density at radius 2 is 2.25 bits per heavy atom. The van der Waals surface area contributed by atoms with Crippen molar-refractivity contribution in [3.05, 3.63) is 50.9 Å². The number of carbonyl (C=O) groups is 1. The molecule has 1 aromatic carbocycles. The minimum atomic E-state index is -0.441. The Morgan fingerprint density at radius 3 is 2.90 bits per heavy atom. The van der Waals surface area contributed by atoms with Crippen LogP contribution in [0.1, 0.15) is 5.56 Å². The molecule has 2 aromatic rings. The number of nitrogens with one attached hydrogen (secondary N) is 2. The Labute approximate surface area is 129 Å². The lowest BCUT2D eigenvalue weighted by molar-refractivity contribution is -0.885. The number of hydrogen-bond donors (Lipinski definition) is 2. The number of carbonyl (C=O) groups excluding carboxylic acids is 1. The molecule has 0 saturated carbocycles. The van der Waals surface area contributed by atoms with Gasteiger partial charge in [-0.3, -0.25) is 4.79 Å². The Hall–Kier alpha value is -1.24. The molecule has 106 valence electrons. The van der Waals surface area contributed by atoms with E-state index in [2.05, 4.69) is 26.6 Å². The highest BCUT2D eigenvalue weighted by atomic mass is 79.9. The lowest BCUT2D eigenvalue weighted by Crippen LogP contribution is -3.08. The fraction of sp³-hybridized carbons (Fsp3) is 0.214. The number of anilines is 1. The van der Waals surface area contributed by atoms with Gasteiger partial charge in [0.2, 0.25) is 0 Å². The predicted molar refractivity (Wildman–Crippen MR) is 82.5 cm³/mol. The fourth-order valence-electron chi connectivity index (χ4n) is 1.86. The number of rotatable bonds is 5. The van der Waals surface area contributed by atoms with Crippen molar-refractivity contribution in [2.45, 2.75) is 6.54 Å². The van der Waals surface area contributed by atoms with Gasteiger partial charge in [-0.25, -0.2) is 4.39 Å². The third kappa shape index (κ3) is 4.40. The molecule has 2 N–H and O–H groups in total. The van der Waals surface area contributed by atoms with Gasteiger partial charge < -0.3 is 10.2 Å². The maximum atomic E-state index is 13.6. The van der Waals surface area contributed by atoms with Gasteiger partial charge in [0.1, 0.15) is 12.4 Å². The topological polar surface area (TPSA) is 33.5 Å². The Kier molecular flexibility index (Phi) is 5.28. The van der Waals surface area contributed by atoms with Crippen LogP contribution < -0.4 is 10.2 Å². The average Bonchev–Trinajstić information content (AvgIpc) is 2.85. The van der Waals surface area contributed by atoms with Gasteiger partial charge in [-0.15, -0.1) is 0 Å². The summed E-state index contributed by atoms with van der Waals surface area (Å²) in [4.78, 5) is 12.9. The summed E-state index contributed by atoms with van der Waals surface area (Å²) in [6.45, 7) is 1.07. The van der Waals surface area contributed by atoms with Crippen molar-refractivity contribution in [1.82, 2.24) is 0 Å². The van der Waals surface area contributed by atoms with Gasteiger partial charge in [-0.05, 0) is 35.0 Å². The van der Waals surface area contributed by atoms with Crippen LogP contribution in [0.25, 0.3) is 0 Å². The number of hydrogen-bond acceptors (Lipinski definition) is 2. The molecule has 1 heterocycles. The van der Waals surface area contributed by atoms with E-state index in [0.717, 1.165) is 11.4 Å².